The van der Waals surface area contributed by atoms with Crippen LogP contribution in [0.25, 0.3) is 5.69 Å². The molecule has 16 heavy (non-hydrogen) atoms. The predicted molar refractivity (Wildman–Crippen MR) is 54.9 cm³/mol. The zero-order chi connectivity index (χ0) is 11.5. The summed E-state index contributed by atoms with van der Waals surface area (Å²) >= 11 is 0. The van der Waals surface area contributed by atoms with Crippen molar-refractivity contribution < 1.29 is 14.6 Å². The average molecular weight is 219 g/mol. The molecule has 2 aromatic rings. The first-order chi connectivity index (χ1) is 7.72. The Morgan fingerprint density at radius 1 is 1.44 bits per heavy atom. The van der Waals surface area contributed by atoms with Crippen molar-refractivity contribution in [1.82, 2.24) is 14.8 Å². The van der Waals surface area contributed by atoms with E-state index in [1.807, 2.05) is 6.07 Å². The molecule has 0 aliphatic heterocycles. The van der Waals surface area contributed by atoms with Gasteiger partial charge in [-0.3, -0.25) is 0 Å². The summed E-state index contributed by atoms with van der Waals surface area (Å²) in [6.45, 7) is 0. The number of methoxy groups -OCH3 is 1. The first-order valence-electron chi connectivity index (χ1n) is 4.50. The van der Waals surface area contributed by atoms with E-state index in [0.29, 0.717) is 11.4 Å². The molecule has 0 radical (unpaired) electrons. The molecule has 1 N–H and O–H groups in total. The van der Waals surface area contributed by atoms with Crippen molar-refractivity contribution in [2.45, 2.75) is 0 Å². The fourth-order valence-electron chi connectivity index (χ4n) is 1.30. The van der Waals surface area contributed by atoms with E-state index in [9.17, 15) is 4.79 Å². The molecule has 0 atom stereocenters. The van der Waals surface area contributed by atoms with Crippen LogP contribution in [-0.2, 0) is 0 Å². The molecule has 1 aromatic carbocycles. The zero-order valence-electron chi connectivity index (χ0n) is 8.49. The summed E-state index contributed by atoms with van der Waals surface area (Å²) in [6.07, 6.45) is 1.33. The number of hydrogen-bond donors (Lipinski definition) is 1. The fourth-order valence-corrected chi connectivity index (χ4v) is 1.30. The van der Waals surface area contributed by atoms with Crippen LogP contribution in [0.5, 0.6) is 5.75 Å². The minimum atomic E-state index is -1.16. The molecule has 0 spiro atoms. The second-order valence-electron chi connectivity index (χ2n) is 2.99. The van der Waals surface area contributed by atoms with E-state index < -0.39 is 5.97 Å². The standard InChI is InChI=1S/C10H9N3O3/c1-16-8-5-3-2-4-7(8)13-6-11-9(12-13)10(14)15/h2-6H,1H3,(H,14,15). The molecular formula is C10H9N3O3. The zero-order valence-corrected chi connectivity index (χ0v) is 8.49. The van der Waals surface area contributed by atoms with Gasteiger partial charge in [0.1, 0.15) is 17.8 Å². The summed E-state index contributed by atoms with van der Waals surface area (Å²) in [4.78, 5) is 14.3. The van der Waals surface area contributed by atoms with E-state index in [1.165, 1.54) is 18.1 Å². The van der Waals surface area contributed by atoms with Crippen LogP contribution < -0.4 is 4.74 Å². The highest BCUT2D eigenvalue weighted by Crippen LogP contribution is 2.20. The number of carboxylic acid groups (broad SMARTS) is 1. The molecule has 6 nitrogen and oxygen atoms in total. The lowest BCUT2D eigenvalue weighted by Crippen LogP contribution is -2.02. The minimum absolute atomic E-state index is 0.245. The van der Waals surface area contributed by atoms with Crippen molar-refractivity contribution in [3.63, 3.8) is 0 Å². The Hall–Kier alpha value is -2.37. The number of carboxylic acids is 1. The second-order valence-corrected chi connectivity index (χ2v) is 2.99. The van der Waals surface area contributed by atoms with E-state index in [0.717, 1.165) is 0 Å². The van der Waals surface area contributed by atoms with Crippen molar-refractivity contribution in [2.75, 3.05) is 7.11 Å². The second kappa shape index (κ2) is 4.01. The van der Waals surface area contributed by atoms with E-state index in [4.69, 9.17) is 9.84 Å². The highest BCUT2D eigenvalue weighted by Gasteiger charge is 2.11. The Balaban J connectivity index is 2.46. The molecule has 82 valence electrons. The van der Waals surface area contributed by atoms with Gasteiger partial charge in [-0.05, 0) is 12.1 Å². The van der Waals surface area contributed by atoms with Gasteiger partial charge >= 0.3 is 5.97 Å². The first-order valence-corrected chi connectivity index (χ1v) is 4.50. The van der Waals surface area contributed by atoms with Gasteiger partial charge in [-0.1, -0.05) is 12.1 Å². The topological polar surface area (TPSA) is 77.2 Å². The average Bonchev–Trinajstić information content (AvgIpc) is 2.78. The predicted octanol–water partition coefficient (Wildman–Crippen LogP) is 0.974. The molecule has 2 rings (SSSR count). The Labute approximate surface area is 91.1 Å². The van der Waals surface area contributed by atoms with Crippen LogP contribution in [0.4, 0.5) is 0 Å². The molecule has 0 aliphatic carbocycles. The molecule has 1 heterocycles. The van der Waals surface area contributed by atoms with Crippen LogP contribution in [0.2, 0.25) is 0 Å². The third-order valence-electron chi connectivity index (χ3n) is 2.02. The van der Waals surface area contributed by atoms with E-state index in [1.54, 1.807) is 18.2 Å². The molecule has 0 saturated carbocycles. The molecule has 0 amide bonds. The molecule has 1 aromatic heterocycles. The summed E-state index contributed by atoms with van der Waals surface area (Å²) in [6, 6.07) is 7.15. The first kappa shape index (κ1) is 10.2. The lowest BCUT2D eigenvalue weighted by molar-refractivity contribution is 0.0683. The number of carbonyl (C=O) groups is 1. The summed E-state index contributed by atoms with van der Waals surface area (Å²) < 4.78 is 6.50. The lowest BCUT2D eigenvalue weighted by Gasteiger charge is -2.06. The summed E-state index contributed by atoms with van der Waals surface area (Å²) in [7, 11) is 1.54. The smallest absolute Gasteiger partial charge is 0.375 e. The third kappa shape index (κ3) is 1.72. The van der Waals surface area contributed by atoms with Gasteiger partial charge in [-0.25, -0.2) is 14.5 Å². The van der Waals surface area contributed by atoms with Crippen molar-refractivity contribution in [3.05, 3.63) is 36.4 Å². The van der Waals surface area contributed by atoms with Crippen molar-refractivity contribution in [3.8, 4) is 11.4 Å². The van der Waals surface area contributed by atoms with Crippen molar-refractivity contribution >= 4 is 5.97 Å². The number of para-hydroxylation sites is 2. The van der Waals surface area contributed by atoms with E-state index in [2.05, 4.69) is 10.1 Å². The maximum atomic E-state index is 10.6. The highest BCUT2D eigenvalue weighted by atomic mass is 16.5. The Morgan fingerprint density at radius 3 is 2.81 bits per heavy atom. The van der Waals surface area contributed by atoms with Gasteiger partial charge in [-0.2, -0.15) is 0 Å². The normalized spacial score (nSPS) is 10.1. The molecule has 0 aliphatic rings. The van der Waals surface area contributed by atoms with Gasteiger partial charge in [0.2, 0.25) is 0 Å². The maximum absolute atomic E-state index is 10.6. The minimum Gasteiger partial charge on any atom is -0.494 e. The Bertz CT molecular complexity index is 522. The number of ether oxygens (including phenoxy) is 1. The van der Waals surface area contributed by atoms with Gasteiger partial charge in [0.05, 0.1) is 7.11 Å². The summed E-state index contributed by atoms with van der Waals surface area (Å²) in [5, 5.41) is 12.5. The number of aromatic carboxylic acids is 1. The third-order valence-corrected chi connectivity index (χ3v) is 2.02. The maximum Gasteiger partial charge on any atom is 0.375 e. The van der Waals surface area contributed by atoms with Gasteiger partial charge in [0.25, 0.3) is 5.82 Å². The van der Waals surface area contributed by atoms with Crippen LogP contribution in [0.1, 0.15) is 10.6 Å². The SMILES string of the molecule is COc1ccccc1-n1cnc(C(=O)O)n1. The molecule has 0 fully saturated rings. The molecule has 0 unspecified atom stereocenters. The van der Waals surface area contributed by atoms with E-state index in [-0.39, 0.29) is 5.82 Å². The van der Waals surface area contributed by atoms with Crippen molar-refractivity contribution in [2.24, 2.45) is 0 Å². The Kier molecular flexibility index (Phi) is 2.55. The van der Waals surface area contributed by atoms with Crippen LogP contribution >= 0.6 is 0 Å². The number of rotatable bonds is 3. The fraction of sp³-hybridized carbons (Fsp3) is 0.100. The van der Waals surface area contributed by atoms with E-state index >= 15 is 0 Å². The van der Waals surface area contributed by atoms with Gasteiger partial charge in [0.15, 0.2) is 0 Å². The highest BCUT2D eigenvalue weighted by molar-refractivity contribution is 5.82. The summed E-state index contributed by atoms with van der Waals surface area (Å²) in [5.74, 6) is -0.802. The molecular weight excluding hydrogens is 210 g/mol. The summed E-state index contributed by atoms with van der Waals surface area (Å²) in [5.41, 5.74) is 0.644. The largest absolute Gasteiger partial charge is 0.494 e. The van der Waals surface area contributed by atoms with Crippen LogP contribution in [-0.4, -0.2) is 33.0 Å². The van der Waals surface area contributed by atoms with Crippen LogP contribution in [0.3, 0.4) is 0 Å². The van der Waals surface area contributed by atoms with Crippen molar-refractivity contribution in [1.29, 1.82) is 0 Å². The number of hydrogen-bond acceptors (Lipinski definition) is 4. The molecule has 0 saturated heterocycles. The quantitative estimate of drug-likeness (QED) is 0.832. The number of benzene rings is 1. The number of nitrogens with zero attached hydrogens (tertiary/aromatic N) is 3. The Morgan fingerprint density at radius 2 is 2.19 bits per heavy atom. The van der Waals surface area contributed by atoms with Gasteiger partial charge in [0, 0.05) is 0 Å². The number of aromatic nitrogens is 3. The van der Waals surface area contributed by atoms with Crippen LogP contribution in [0.15, 0.2) is 30.6 Å². The van der Waals surface area contributed by atoms with Gasteiger partial charge < -0.3 is 9.84 Å². The van der Waals surface area contributed by atoms with Gasteiger partial charge in [-0.15, -0.1) is 5.10 Å². The monoisotopic (exact) mass is 219 g/mol. The molecule has 0 bridgehead atoms. The van der Waals surface area contributed by atoms with Crippen LogP contribution in [0, 0.1) is 0 Å². The lowest BCUT2D eigenvalue weighted by atomic mass is 10.3. The molecule has 6 heteroatoms.